The maximum atomic E-state index is 12.9. The number of amides is 2. The third-order valence-corrected chi connectivity index (χ3v) is 5.87. The summed E-state index contributed by atoms with van der Waals surface area (Å²) in [5.74, 6) is 0.421. The summed E-state index contributed by atoms with van der Waals surface area (Å²) < 4.78 is 1.93. The van der Waals surface area contributed by atoms with E-state index in [-0.39, 0.29) is 18.4 Å². The van der Waals surface area contributed by atoms with Gasteiger partial charge in [-0.05, 0) is 38.0 Å². The van der Waals surface area contributed by atoms with Crippen molar-refractivity contribution in [3.63, 3.8) is 0 Å². The number of carbonyl (C=O) groups is 2. The zero-order chi connectivity index (χ0) is 23.1. The van der Waals surface area contributed by atoms with E-state index >= 15 is 0 Å². The minimum absolute atomic E-state index is 0.0505. The van der Waals surface area contributed by atoms with Crippen LogP contribution in [0.3, 0.4) is 0 Å². The van der Waals surface area contributed by atoms with Crippen LogP contribution in [0, 0.1) is 25.2 Å². The summed E-state index contributed by atoms with van der Waals surface area (Å²) in [6.07, 6.45) is 0.925. The molecule has 2 amide bonds. The summed E-state index contributed by atoms with van der Waals surface area (Å²) in [6, 6.07) is 12.0. The Morgan fingerprint density at radius 1 is 1.00 bits per heavy atom. The van der Waals surface area contributed by atoms with Crippen LogP contribution in [0.25, 0.3) is 5.69 Å². The van der Waals surface area contributed by atoms with Crippen LogP contribution in [-0.2, 0) is 9.59 Å². The first-order valence-electron chi connectivity index (χ1n) is 11.1. The van der Waals surface area contributed by atoms with Gasteiger partial charge in [-0.2, -0.15) is 5.26 Å². The van der Waals surface area contributed by atoms with E-state index in [1.54, 1.807) is 0 Å². The van der Waals surface area contributed by atoms with Gasteiger partial charge in [-0.1, -0.05) is 25.1 Å². The Kier molecular flexibility index (Phi) is 8.03. The number of nitriles is 1. The van der Waals surface area contributed by atoms with Crippen molar-refractivity contribution in [3.05, 3.63) is 47.2 Å². The zero-order valence-electron chi connectivity index (χ0n) is 19.1. The second kappa shape index (κ2) is 10.9. The lowest BCUT2D eigenvalue weighted by Gasteiger charge is -2.33. The zero-order valence-corrected chi connectivity index (χ0v) is 19.1. The predicted octanol–water partition coefficient (Wildman–Crippen LogP) is 2.05. The monoisotopic (exact) mass is 436 g/mol. The van der Waals surface area contributed by atoms with Gasteiger partial charge in [0.15, 0.2) is 0 Å². The van der Waals surface area contributed by atoms with Crippen LogP contribution >= 0.6 is 0 Å². The van der Waals surface area contributed by atoms with Crippen molar-refractivity contribution in [2.24, 2.45) is 0 Å². The maximum Gasteiger partial charge on any atom is 0.239 e. The third kappa shape index (κ3) is 5.55. The van der Waals surface area contributed by atoms with E-state index in [2.05, 4.69) is 26.5 Å². The SMILES string of the molecule is CCCNC(=O)CN1CCN(CC(=O)Nc2c(C#N)c(C)c(C)n2-c2ccccc2)CC1. The molecular weight excluding hydrogens is 404 g/mol. The fraction of sp³-hybridized carbons (Fsp3) is 0.458. The highest BCUT2D eigenvalue weighted by atomic mass is 16.2. The van der Waals surface area contributed by atoms with Gasteiger partial charge in [0.05, 0.1) is 18.7 Å². The molecule has 1 aromatic carbocycles. The topological polar surface area (TPSA) is 93.4 Å². The van der Waals surface area contributed by atoms with Gasteiger partial charge in [0, 0.05) is 44.1 Å². The first-order valence-corrected chi connectivity index (χ1v) is 11.1. The molecule has 170 valence electrons. The minimum atomic E-state index is -0.148. The number of aromatic nitrogens is 1. The average Bonchev–Trinajstić information content (AvgIpc) is 3.03. The van der Waals surface area contributed by atoms with Crippen LogP contribution < -0.4 is 10.6 Å². The van der Waals surface area contributed by atoms with Crippen molar-refractivity contribution in [2.75, 3.05) is 51.1 Å². The predicted molar refractivity (Wildman–Crippen MR) is 125 cm³/mol. The highest BCUT2D eigenvalue weighted by Gasteiger charge is 2.23. The molecule has 1 aliphatic heterocycles. The van der Waals surface area contributed by atoms with Gasteiger partial charge in [-0.25, -0.2) is 0 Å². The lowest BCUT2D eigenvalue weighted by Crippen LogP contribution is -2.51. The molecule has 8 heteroatoms. The quantitative estimate of drug-likeness (QED) is 0.661. The molecule has 1 aliphatic rings. The molecule has 1 saturated heterocycles. The number of hydrogen-bond acceptors (Lipinski definition) is 5. The van der Waals surface area contributed by atoms with Crippen molar-refractivity contribution >= 4 is 17.6 Å². The lowest BCUT2D eigenvalue weighted by molar-refractivity contribution is -0.123. The van der Waals surface area contributed by atoms with E-state index in [0.29, 0.717) is 24.5 Å². The Bertz CT molecular complexity index is 984. The van der Waals surface area contributed by atoms with Gasteiger partial charge in [0.2, 0.25) is 11.8 Å². The Labute approximate surface area is 189 Å². The first-order chi connectivity index (χ1) is 15.4. The number of nitrogens with one attached hydrogen (secondary N) is 2. The van der Waals surface area contributed by atoms with E-state index in [0.717, 1.165) is 49.5 Å². The van der Waals surface area contributed by atoms with Crippen LogP contribution in [-0.4, -0.2) is 72.0 Å². The molecule has 2 heterocycles. The molecule has 0 bridgehead atoms. The van der Waals surface area contributed by atoms with E-state index in [1.807, 2.05) is 55.7 Å². The van der Waals surface area contributed by atoms with E-state index in [1.165, 1.54) is 0 Å². The lowest BCUT2D eigenvalue weighted by atomic mass is 10.2. The molecule has 8 nitrogen and oxygen atoms in total. The molecule has 1 aromatic heterocycles. The van der Waals surface area contributed by atoms with Crippen LogP contribution in [0.15, 0.2) is 30.3 Å². The summed E-state index contributed by atoms with van der Waals surface area (Å²) in [4.78, 5) is 29.0. The Morgan fingerprint density at radius 3 is 2.16 bits per heavy atom. The third-order valence-electron chi connectivity index (χ3n) is 5.87. The summed E-state index contributed by atoms with van der Waals surface area (Å²) in [6.45, 7) is 10.2. The fourth-order valence-electron chi connectivity index (χ4n) is 3.96. The average molecular weight is 437 g/mol. The van der Waals surface area contributed by atoms with Crippen molar-refractivity contribution in [1.82, 2.24) is 19.7 Å². The first kappa shape index (κ1) is 23.5. The standard InChI is InChI=1S/C24H32N6O2/c1-4-10-26-22(31)16-28-11-13-29(14-12-28)17-23(32)27-24-21(15-25)18(2)19(3)30(24)20-8-6-5-7-9-20/h5-9H,4,10-14,16-17H2,1-3H3,(H,26,31)(H,27,32). The van der Waals surface area contributed by atoms with Crippen LogP contribution in [0.1, 0.15) is 30.2 Å². The Hall–Kier alpha value is -3.15. The summed E-state index contributed by atoms with van der Waals surface area (Å²) in [5, 5.41) is 15.6. The van der Waals surface area contributed by atoms with Crippen molar-refractivity contribution in [3.8, 4) is 11.8 Å². The van der Waals surface area contributed by atoms with Crippen LogP contribution in [0.5, 0.6) is 0 Å². The molecule has 0 aliphatic carbocycles. The Morgan fingerprint density at radius 2 is 1.59 bits per heavy atom. The number of anilines is 1. The normalized spacial score (nSPS) is 14.7. The molecule has 1 fully saturated rings. The molecule has 2 N–H and O–H groups in total. The van der Waals surface area contributed by atoms with Crippen molar-refractivity contribution in [1.29, 1.82) is 5.26 Å². The number of carbonyl (C=O) groups excluding carboxylic acids is 2. The highest BCUT2D eigenvalue weighted by molar-refractivity contribution is 5.93. The van der Waals surface area contributed by atoms with Crippen LogP contribution in [0.2, 0.25) is 0 Å². The Balaban J connectivity index is 1.62. The number of piperazine rings is 1. The summed E-state index contributed by atoms with van der Waals surface area (Å²) in [7, 11) is 0. The second-order valence-electron chi connectivity index (χ2n) is 8.17. The molecule has 2 aromatic rings. The van der Waals surface area contributed by atoms with Gasteiger partial charge in [0.1, 0.15) is 11.9 Å². The molecule has 0 unspecified atom stereocenters. The smallest absolute Gasteiger partial charge is 0.239 e. The van der Waals surface area contributed by atoms with Gasteiger partial charge in [-0.15, -0.1) is 0 Å². The molecule has 0 spiro atoms. The highest BCUT2D eigenvalue weighted by Crippen LogP contribution is 2.29. The molecular formula is C24H32N6O2. The van der Waals surface area contributed by atoms with E-state index < -0.39 is 0 Å². The van der Waals surface area contributed by atoms with Crippen molar-refractivity contribution < 1.29 is 9.59 Å². The number of para-hydroxylation sites is 1. The molecule has 0 radical (unpaired) electrons. The van der Waals surface area contributed by atoms with Gasteiger partial charge in [0.25, 0.3) is 0 Å². The molecule has 3 rings (SSSR count). The second-order valence-corrected chi connectivity index (χ2v) is 8.17. The molecule has 0 atom stereocenters. The number of rotatable bonds is 8. The van der Waals surface area contributed by atoms with Crippen LogP contribution in [0.4, 0.5) is 5.82 Å². The number of hydrogen-bond donors (Lipinski definition) is 2. The van der Waals surface area contributed by atoms with E-state index in [9.17, 15) is 14.9 Å². The molecule has 32 heavy (non-hydrogen) atoms. The van der Waals surface area contributed by atoms with Gasteiger partial charge < -0.3 is 10.6 Å². The minimum Gasteiger partial charge on any atom is -0.355 e. The summed E-state index contributed by atoms with van der Waals surface area (Å²) >= 11 is 0. The number of benzene rings is 1. The largest absolute Gasteiger partial charge is 0.355 e. The molecule has 0 saturated carbocycles. The number of nitrogens with zero attached hydrogens (tertiary/aromatic N) is 4. The van der Waals surface area contributed by atoms with Crippen molar-refractivity contribution in [2.45, 2.75) is 27.2 Å². The fourth-order valence-corrected chi connectivity index (χ4v) is 3.96. The maximum absolute atomic E-state index is 12.9. The van der Waals surface area contributed by atoms with Gasteiger partial charge >= 0.3 is 0 Å². The summed E-state index contributed by atoms with van der Waals surface area (Å²) in [5.41, 5.74) is 3.18. The van der Waals surface area contributed by atoms with E-state index in [4.69, 9.17) is 0 Å². The van der Waals surface area contributed by atoms with Gasteiger partial charge in [-0.3, -0.25) is 24.0 Å².